The van der Waals surface area contributed by atoms with Crippen molar-refractivity contribution in [2.45, 2.75) is 50.0 Å². The van der Waals surface area contributed by atoms with Crippen molar-refractivity contribution in [1.82, 2.24) is 10.6 Å². The molecule has 1 heterocycles. The topological polar surface area (TPSA) is 91.6 Å². The predicted molar refractivity (Wildman–Crippen MR) is 84.9 cm³/mol. The van der Waals surface area contributed by atoms with Gasteiger partial charge < -0.3 is 20.2 Å². The molecule has 1 fully saturated rings. The molecule has 1 aromatic rings. The van der Waals surface area contributed by atoms with Crippen LogP contribution in [0.1, 0.15) is 44.5 Å². The van der Waals surface area contributed by atoms with Crippen LogP contribution in [-0.2, 0) is 10.8 Å². The van der Waals surface area contributed by atoms with Gasteiger partial charge in [0.05, 0.1) is 12.8 Å². The maximum Gasteiger partial charge on any atom is 0.315 e. The van der Waals surface area contributed by atoms with Crippen LogP contribution in [0.3, 0.4) is 0 Å². The molecule has 7 heteroatoms. The lowest BCUT2D eigenvalue weighted by Gasteiger charge is -2.29. The maximum atomic E-state index is 11.9. The van der Waals surface area contributed by atoms with Gasteiger partial charge in [-0.2, -0.15) is 0 Å². The number of urea groups is 1. The molecule has 1 aliphatic carbocycles. The van der Waals surface area contributed by atoms with Crippen molar-refractivity contribution in [1.29, 1.82) is 0 Å². The van der Waals surface area contributed by atoms with E-state index < -0.39 is 16.9 Å². The number of hydrogen-bond acceptors (Lipinski definition) is 4. The van der Waals surface area contributed by atoms with E-state index in [4.69, 9.17) is 4.42 Å². The highest BCUT2D eigenvalue weighted by Gasteiger charge is 2.26. The third kappa shape index (κ3) is 4.84. The van der Waals surface area contributed by atoms with Crippen LogP contribution in [0.25, 0.3) is 0 Å². The SMILES string of the molecule is CCS(=O)C1CCCC(NC(=O)NCC(O)c2ccco2)C1. The van der Waals surface area contributed by atoms with Gasteiger partial charge in [-0.25, -0.2) is 4.79 Å². The van der Waals surface area contributed by atoms with E-state index in [9.17, 15) is 14.1 Å². The molecule has 6 nitrogen and oxygen atoms in total. The molecule has 0 radical (unpaired) electrons. The smallest absolute Gasteiger partial charge is 0.315 e. The average molecular weight is 328 g/mol. The Balaban J connectivity index is 1.73. The number of amides is 2. The second-order valence-electron chi connectivity index (χ2n) is 5.54. The zero-order valence-corrected chi connectivity index (χ0v) is 13.6. The molecule has 124 valence electrons. The number of carbonyl (C=O) groups excluding carboxylic acids is 1. The van der Waals surface area contributed by atoms with Gasteiger partial charge in [0.2, 0.25) is 0 Å². The second-order valence-corrected chi connectivity index (χ2v) is 7.55. The number of carbonyl (C=O) groups is 1. The van der Waals surface area contributed by atoms with Crippen LogP contribution in [0, 0.1) is 0 Å². The number of rotatable bonds is 6. The van der Waals surface area contributed by atoms with E-state index in [0.29, 0.717) is 11.5 Å². The van der Waals surface area contributed by atoms with Gasteiger partial charge in [-0.3, -0.25) is 4.21 Å². The highest BCUT2D eigenvalue weighted by Crippen LogP contribution is 2.23. The van der Waals surface area contributed by atoms with Crippen molar-refractivity contribution in [2.75, 3.05) is 12.3 Å². The van der Waals surface area contributed by atoms with Gasteiger partial charge in [-0.05, 0) is 31.4 Å². The van der Waals surface area contributed by atoms with Gasteiger partial charge in [0.25, 0.3) is 0 Å². The van der Waals surface area contributed by atoms with E-state index >= 15 is 0 Å². The molecule has 0 aliphatic heterocycles. The normalized spacial score (nSPS) is 24.5. The summed E-state index contributed by atoms with van der Waals surface area (Å²) in [4.78, 5) is 11.9. The monoisotopic (exact) mass is 328 g/mol. The fourth-order valence-electron chi connectivity index (χ4n) is 2.76. The number of nitrogens with one attached hydrogen (secondary N) is 2. The Morgan fingerprint density at radius 3 is 3.05 bits per heavy atom. The van der Waals surface area contributed by atoms with Crippen molar-refractivity contribution in [3.63, 3.8) is 0 Å². The van der Waals surface area contributed by atoms with Crippen molar-refractivity contribution in [2.24, 2.45) is 0 Å². The zero-order chi connectivity index (χ0) is 15.9. The first-order chi connectivity index (χ1) is 10.6. The van der Waals surface area contributed by atoms with E-state index in [2.05, 4.69) is 10.6 Å². The van der Waals surface area contributed by atoms with Crippen LogP contribution < -0.4 is 10.6 Å². The van der Waals surface area contributed by atoms with Crippen LogP contribution in [0.5, 0.6) is 0 Å². The molecule has 1 aromatic heterocycles. The van der Waals surface area contributed by atoms with Crippen LogP contribution in [0.4, 0.5) is 4.79 Å². The molecule has 22 heavy (non-hydrogen) atoms. The van der Waals surface area contributed by atoms with Crippen LogP contribution >= 0.6 is 0 Å². The first kappa shape index (κ1) is 17.0. The first-order valence-electron chi connectivity index (χ1n) is 7.73. The Kier molecular flexibility index (Phi) is 6.45. The fraction of sp³-hybridized carbons (Fsp3) is 0.667. The molecular weight excluding hydrogens is 304 g/mol. The highest BCUT2D eigenvalue weighted by molar-refractivity contribution is 7.85. The van der Waals surface area contributed by atoms with E-state index in [0.717, 1.165) is 25.7 Å². The lowest BCUT2D eigenvalue weighted by Crippen LogP contribution is -2.46. The molecule has 3 N–H and O–H groups in total. The average Bonchev–Trinajstić information content (AvgIpc) is 3.06. The highest BCUT2D eigenvalue weighted by atomic mass is 32.2. The second kappa shape index (κ2) is 8.33. The van der Waals surface area contributed by atoms with E-state index in [1.165, 1.54) is 6.26 Å². The summed E-state index contributed by atoms with van der Waals surface area (Å²) in [5.41, 5.74) is 0. The van der Waals surface area contributed by atoms with Gasteiger partial charge in [-0.15, -0.1) is 0 Å². The maximum absolute atomic E-state index is 11.9. The molecule has 4 atom stereocenters. The van der Waals surface area contributed by atoms with E-state index in [1.807, 2.05) is 6.92 Å². The fourth-order valence-corrected chi connectivity index (χ4v) is 4.11. The van der Waals surface area contributed by atoms with Crippen molar-refractivity contribution >= 4 is 16.8 Å². The third-order valence-corrected chi connectivity index (χ3v) is 5.69. The Hall–Kier alpha value is -1.34. The molecule has 0 aromatic carbocycles. The molecular formula is C15H24N2O4S. The molecule has 0 spiro atoms. The summed E-state index contributed by atoms with van der Waals surface area (Å²) in [6, 6.07) is 3.10. The largest absolute Gasteiger partial charge is 0.467 e. The summed E-state index contributed by atoms with van der Waals surface area (Å²) >= 11 is 0. The summed E-state index contributed by atoms with van der Waals surface area (Å²) in [6.07, 6.45) is 4.25. The van der Waals surface area contributed by atoms with Crippen molar-refractivity contribution in [3.05, 3.63) is 24.2 Å². The van der Waals surface area contributed by atoms with Crippen LogP contribution in [0.2, 0.25) is 0 Å². The molecule has 4 unspecified atom stereocenters. The number of hydrogen-bond donors (Lipinski definition) is 3. The Labute approximate surface area is 133 Å². The Morgan fingerprint density at radius 1 is 1.55 bits per heavy atom. The summed E-state index contributed by atoms with van der Waals surface area (Å²) < 4.78 is 17.0. The minimum atomic E-state index is -0.854. The predicted octanol–water partition coefficient (Wildman–Crippen LogP) is 1.69. The van der Waals surface area contributed by atoms with Gasteiger partial charge in [0, 0.05) is 27.8 Å². The lowest BCUT2D eigenvalue weighted by molar-refractivity contribution is 0.147. The van der Waals surface area contributed by atoms with Crippen LogP contribution in [0.15, 0.2) is 22.8 Å². The zero-order valence-electron chi connectivity index (χ0n) is 12.8. The Bertz CT molecular complexity index is 492. The molecule has 0 saturated heterocycles. The molecule has 2 rings (SSSR count). The van der Waals surface area contributed by atoms with E-state index in [1.54, 1.807) is 12.1 Å². The minimum absolute atomic E-state index is 0.0509. The van der Waals surface area contributed by atoms with Gasteiger partial charge in [-0.1, -0.05) is 13.3 Å². The van der Waals surface area contributed by atoms with Crippen molar-refractivity contribution in [3.8, 4) is 0 Å². The molecule has 0 bridgehead atoms. The standard InChI is InChI=1S/C15H24N2O4S/c1-2-22(20)12-6-3-5-11(9-12)17-15(19)16-10-13(18)14-7-4-8-21-14/h4,7-8,11-13,18H,2-3,5-6,9-10H2,1H3,(H2,16,17,19). The first-order valence-corrected chi connectivity index (χ1v) is 9.11. The molecule has 1 aliphatic rings. The van der Waals surface area contributed by atoms with Gasteiger partial charge in [0.15, 0.2) is 0 Å². The summed E-state index contributed by atoms with van der Waals surface area (Å²) in [7, 11) is -0.804. The number of aliphatic hydroxyl groups excluding tert-OH is 1. The van der Waals surface area contributed by atoms with Gasteiger partial charge in [0.1, 0.15) is 11.9 Å². The number of aliphatic hydroxyl groups is 1. The minimum Gasteiger partial charge on any atom is -0.467 e. The molecule has 1 saturated carbocycles. The van der Waals surface area contributed by atoms with Crippen molar-refractivity contribution < 1.29 is 18.5 Å². The summed E-state index contributed by atoms with van der Waals surface area (Å²) in [5, 5.41) is 15.6. The third-order valence-electron chi connectivity index (χ3n) is 3.95. The quantitative estimate of drug-likeness (QED) is 0.741. The Morgan fingerprint density at radius 2 is 2.36 bits per heavy atom. The summed E-state index contributed by atoms with van der Waals surface area (Å²) in [6.45, 7) is 2.02. The number of furan rings is 1. The van der Waals surface area contributed by atoms with Gasteiger partial charge >= 0.3 is 6.03 Å². The lowest BCUT2D eigenvalue weighted by atomic mass is 9.95. The van der Waals surface area contributed by atoms with E-state index in [-0.39, 0.29) is 23.9 Å². The molecule has 2 amide bonds. The summed E-state index contributed by atoms with van der Waals surface area (Å²) in [5.74, 6) is 1.09. The van der Waals surface area contributed by atoms with Crippen LogP contribution in [-0.4, -0.2) is 38.9 Å².